The Morgan fingerprint density at radius 2 is 2.19 bits per heavy atom. The molecule has 0 aliphatic rings. The summed E-state index contributed by atoms with van der Waals surface area (Å²) in [6.07, 6.45) is 0. The molecule has 0 aliphatic carbocycles. The molecule has 88 valence electrons. The summed E-state index contributed by atoms with van der Waals surface area (Å²) in [4.78, 5) is 11.5. The zero-order valence-electron chi connectivity index (χ0n) is 9.45. The lowest BCUT2D eigenvalue weighted by atomic mass is 10.2. The lowest BCUT2D eigenvalue weighted by molar-refractivity contribution is -0.113. The van der Waals surface area contributed by atoms with E-state index in [1.165, 1.54) is 0 Å². The van der Waals surface area contributed by atoms with Gasteiger partial charge in [-0.2, -0.15) is 0 Å². The molecule has 1 amide bonds. The number of anilines is 2. The highest BCUT2D eigenvalue weighted by Crippen LogP contribution is 2.17. The molecule has 0 aliphatic heterocycles. The average Bonchev–Trinajstić information content (AvgIpc) is 2.22. The summed E-state index contributed by atoms with van der Waals surface area (Å²) in [6, 6.07) is 5.25. The monoisotopic (exact) mass is 240 g/mol. The first-order valence-electron chi connectivity index (χ1n) is 5.04. The maximum atomic E-state index is 11.5. The summed E-state index contributed by atoms with van der Waals surface area (Å²) >= 11 is 0. The normalized spacial score (nSPS) is 12.1. The van der Waals surface area contributed by atoms with Crippen LogP contribution in [0.15, 0.2) is 18.2 Å². The number of hydrogen-bond donors (Lipinski definition) is 2. The number of carbonyl (C=O) groups is 1. The van der Waals surface area contributed by atoms with Crippen molar-refractivity contribution >= 4 is 28.1 Å². The van der Waals surface area contributed by atoms with E-state index in [1.54, 1.807) is 25.1 Å². The summed E-state index contributed by atoms with van der Waals surface area (Å²) < 4.78 is 11.2. The highest BCUT2D eigenvalue weighted by atomic mass is 32.2. The summed E-state index contributed by atoms with van der Waals surface area (Å²) in [5.41, 5.74) is 7.87. The maximum Gasteiger partial charge on any atom is 0.236 e. The fourth-order valence-electron chi connectivity index (χ4n) is 1.26. The molecule has 1 rings (SSSR count). The van der Waals surface area contributed by atoms with Crippen LogP contribution in [0.5, 0.6) is 0 Å². The van der Waals surface area contributed by atoms with Crippen molar-refractivity contribution < 1.29 is 9.00 Å². The van der Waals surface area contributed by atoms with Crippen molar-refractivity contribution in [2.24, 2.45) is 0 Å². The minimum absolute atomic E-state index is 0.0420. The van der Waals surface area contributed by atoms with E-state index in [-0.39, 0.29) is 11.7 Å². The van der Waals surface area contributed by atoms with E-state index < -0.39 is 10.8 Å². The third-order valence-corrected chi connectivity index (χ3v) is 3.37. The van der Waals surface area contributed by atoms with Gasteiger partial charge < -0.3 is 11.1 Å². The first kappa shape index (κ1) is 12.7. The van der Waals surface area contributed by atoms with Gasteiger partial charge in [-0.25, -0.2) is 0 Å². The Labute approximate surface area is 97.7 Å². The predicted octanol–water partition coefficient (Wildman–Crippen LogP) is 1.28. The first-order chi connectivity index (χ1) is 7.52. The number of amides is 1. The molecule has 0 spiro atoms. The second-order valence-electron chi connectivity index (χ2n) is 3.50. The third kappa shape index (κ3) is 3.66. The molecular weight excluding hydrogens is 224 g/mol. The summed E-state index contributed by atoms with van der Waals surface area (Å²) in [5.74, 6) is 0.308. The number of carbonyl (C=O) groups excluding carboxylic acids is 1. The van der Waals surface area contributed by atoms with Gasteiger partial charge in [0.15, 0.2) is 0 Å². The van der Waals surface area contributed by atoms with Crippen molar-refractivity contribution in [1.29, 1.82) is 0 Å². The quantitative estimate of drug-likeness (QED) is 0.779. The van der Waals surface area contributed by atoms with E-state index in [9.17, 15) is 9.00 Å². The van der Waals surface area contributed by atoms with Gasteiger partial charge in [-0.05, 0) is 30.7 Å². The van der Waals surface area contributed by atoms with Gasteiger partial charge in [-0.3, -0.25) is 9.00 Å². The van der Waals surface area contributed by atoms with Crippen LogP contribution in [-0.2, 0) is 15.6 Å². The largest absolute Gasteiger partial charge is 0.399 e. The predicted molar refractivity (Wildman–Crippen MR) is 67.8 cm³/mol. The second kappa shape index (κ2) is 5.65. The maximum absolute atomic E-state index is 11.5. The lowest BCUT2D eigenvalue weighted by Gasteiger charge is -2.08. The van der Waals surface area contributed by atoms with Crippen molar-refractivity contribution in [2.75, 3.05) is 22.6 Å². The van der Waals surface area contributed by atoms with Gasteiger partial charge in [0.1, 0.15) is 5.75 Å². The fourth-order valence-corrected chi connectivity index (χ4v) is 1.83. The average molecular weight is 240 g/mol. The molecule has 5 heteroatoms. The van der Waals surface area contributed by atoms with Gasteiger partial charge in [0.05, 0.1) is 0 Å². The van der Waals surface area contributed by atoms with E-state index in [0.717, 1.165) is 5.56 Å². The van der Waals surface area contributed by atoms with Gasteiger partial charge in [-0.15, -0.1) is 0 Å². The zero-order chi connectivity index (χ0) is 12.1. The third-order valence-electron chi connectivity index (χ3n) is 2.14. The zero-order valence-corrected chi connectivity index (χ0v) is 10.3. The van der Waals surface area contributed by atoms with Gasteiger partial charge >= 0.3 is 0 Å². The summed E-state index contributed by atoms with van der Waals surface area (Å²) in [7, 11) is -1.08. The van der Waals surface area contributed by atoms with Crippen LogP contribution in [0.2, 0.25) is 0 Å². The minimum Gasteiger partial charge on any atom is -0.399 e. The van der Waals surface area contributed by atoms with Gasteiger partial charge in [-0.1, -0.05) is 6.92 Å². The van der Waals surface area contributed by atoms with Crippen LogP contribution in [0.25, 0.3) is 0 Å². The molecular formula is C11H16N2O2S. The van der Waals surface area contributed by atoms with Crippen LogP contribution >= 0.6 is 0 Å². The second-order valence-corrected chi connectivity index (χ2v) is 5.24. The molecule has 1 atom stereocenters. The van der Waals surface area contributed by atoms with Gasteiger partial charge in [0.25, 0.3) is 0 Å². The van der Waals surface area contributed by atoms with Crippen LogP contribution in [0, 0.1) is 6.92 Å². The van der Waals surface area contributed by atoms with Crippen molar-refractivity contribution in [2.45, 2.75) is 13.8 Å². The molecule has 0 saturated heterocycles. The molecule has 16 heavy (non-hydrogen) atoms. The van der Waals surface area contributed by atoms with Crippen LogP contribution in [0.1, 0.15) is 12.5 Å². The topological polar surface area (TPSA) is 72.2 Å². The van der Waals surface area contributed by atoms with E-state index in [4.69, 9.17) is 5.73 Å². The van der Waals surface area contributed by atoms with Crippen molar-refractivity contribution in [3.05, 3.63) is 23.8 Å². The molecule has 0 fully saturated rings. The Morgan fingerprint density at radius 1 is 1.50 bits per heavy atom. The van der Waals surface area contributed by atoms with Crippen molar-refractivity contribution in [1.82, 2.24) is 0 Å². The molecule has 1 aromatic rings. The Hall–Kier alpha value is -1.36. The number of benzene rings is 1. The highest BCUT2D eigenvalue weighted by molar-refractivity contribution is 7.85. The molecule has 0 bridgehead atoms. The van der Waals surface area contributed by atoms with Crippen molar-refractivity contribution in [3.63, 3.8) is 0 Å². The van der Waals surface area contributed by atoms with E-state index in [2.05, 4.69) is 5.32 Å². The Morgan fingerprint density at radius 3 is 2.75 bits per heavy atom. The van der Waals surface area contributed by atoms with Crippen molar-refractivity contribution in [3.8, 4) is 0 Å². The molecule has 4 nitrogen and oxygen atoms in total. The fraction of sp³-hybridized carbons (Fsp3) is 0.364. The number of rotatable bonds is 4. The number of nitrogen functional groups attached to an aromatic ring is 1. The van der Waals surface area contributed by atoms with Gasteiger partial charge in [0.2, 0.25) is 5.91 Å². The Kier molecular flexibility index (Phi) is 4.49. The van der Waals surface area contributed by atoms with Crippen LogP contribution in [-0.4, -0.2) is 21.6 Å². The summed E-state index contributed by atoms with van der Waals surface area (Å²) in [5, 5.41) is 2.72. The Balaban J connectivity index is 2.66. The van der Waals surface area contributed by atoms with Crippen LogP contribution in [0.3, 0.4) is 0 Å². The minimum atomic E-state index is -1.08. The van der Waals surface area contributed by atoms with E-state index in [0.29, 0.717) is 17.1 Å². The standard InChI is InChI=1S/C11H16N2O2S/c1-3-16(15)7-11(14)13-10-5-4-9(12)6-8(10)2/h4-6H,3,7,12H2,1-2H3,(H,13,14). The first-order valence-corrected chi connectivity index (χ1v) is 6.52. The molecule has 0 heterocycles. The van der Waals surface area contributed by atoms with Crippen LogP contribution < -0.4 is 11.1 Å². The van der Waals surface area contributed by atoms with E-state index >= 15 is 0 Å². The van der Waals surface area contributed by atoms with Crippen LogP contribution in [0.4, 0.5) is 11.4 Å². The lowest BCUT2D eigenvalue weighted by Crippen LogP contribution is -2.20. The SMILES string of the molecule is CCS(=O)CC(=O)Nc1ccc(N)cc1C. The van der Waals surface area contributed by atoms with Gasteiger partial charge in [0, 0.05) is 27.9 Å². The molecule has 3 N–H and O–H groups in total. The number of nitrogens with two attached hydrogens (primary N) is 1. The Bertz CT molecular complexity index is 418. The smallest absolute Gasteiger partial charge is 0.236 e. The number of nitrogens with one attached hydrogen (secondary N) is 1. The molecule has 0 aromatic heterocycles. The molecule has 0 saturated carbocycles. The molecule has 0 radical (unpaired) electrons. The highest BCUT2D eigenvalue weighted by Gasteiger charge is 2.07. The molecule has 1 unspecified atom stereocenters. The number of aryl methyl sites for hydroxylation is 1. The number of hydrogen-bond acceptors (Lipinski definition) is 3. The summed E-state index contributed by atoms with van der Waals surface area (Å²) in [6.45, 7) is 3.65. The molecule has 1 aromatic carbocycles. The van der Waals surface area contributed by atoms with E-state index in [1.807, 2.05) is 6.92 Å².